The van der Waals surface area contributed by atoms with E-state index in [2.05, 4.69) is 46.4 Å². The van der Waals surface area contributed by atoms with Crippen molar-refractivity contribution in [1.82, 2.24) is 9.88 Å². The van der Waals surface area contributed by atoms with Crippen LogP contribution in [-0.2, 0) is 22.4 Å². The number of fused-ring (bicyclic) bond motifs is 1. The van der Waals surface area contributed by atoms with E-state index in [-0.39, 0.29) is 36.5 Å². The Balaban J connectivity index is 0.00000700. The fraction of sp³-hybridized carbons (Fsp3) is 0.333. The number of hydrogen-bond acceptors (Lipinski definition) is 8. The Morgan fingerprint density at radius 1 is 0.831 bits per heavy atom. The lowest BCUT2D eigenvalue weighted by Gasteiger charge is -2.31. The van der Waals surface area contributed by atoms with Crippen LogP contribution in [0.3, 0.4) is 0 Å². The van der Waals surface area contributed by atoms with Crippen molar-refractivity contribution in [1.29, 1.82) is 0 Å². The normalized spacial score (nSPS) is 14.0. The molecule has 7 rings (SSSR count). The number of aromatic hydroxyl groups is 1. The number of para-hydroxylation sites is 1. The molecule has 2 atom stereocenters. The molecule has 0 unspecified atom stereocenters. The second kappa shape index (κ2) is 22.9. The van der Waals surface area contributed by atoms with E-state index in [1.54, 1.807) is 36.2 Å². The number of benzene rings is 5. The van der Waals surface area contributed by atoms with Crippen molar-refractivity contribution in [3.8, 4) is 16.9 Å². The van der Waals surface area contributed by atoms with Crippen LogP contribution in [-0.4, -0.2) is 70.7 Å². The van der Waals surface area contributed by atoms with E-state index < -0.39 is 12.2 Å². The Hall–Kier alpha value is -6.56. The topological polar surface area (TPSA) is 152 Å². The highest BCUT2D eigenvalue weighted by Gasteiger charge is 2.24. The molecule has 5 aromatic carbocycles. The number of ether oxygens (including phenoxy) is 1. The Morgan fingerprint density at radius 3 is 2.26 bits per heavy atom. The van der Waals surface area contributed by atoms with Gasteiger partial charge in [-0.3, -0.25) is 19.7 Å². The third-order valence-corrected chi connectivity index (χ3v) is 12.3. The number of Topliss-reactive ketones (excluding diaryl/α,β-unsaturated/α-hetero) is 1. The number of amides is 2. The molecular formula is C54H62N4O7. The number of phenols is 1. The number of H-pyrrole nitrogens is 1. The number of anilines is 2. The smallest absolute Gasteiger partial charge is 0.411 e. The Bertz CT molecular complexity index is 2570. The molecule has 1 saturated heterocycles. The maximum Gasteiger partial charge on any atom is 0.411 e. The zero-order valence-electron chi connectivity index (χ0n) is 36.7. The van der Waals surface area contributed by atoms with E-state index >= 15 is 0 Å². The zero-order valence-corrected chi connectivity index (χ0v) is 36.7. The van der Waals surface area contributed by atoms with Crippen molar-refractivity contribution >= 4 is 40.1 Å². The summed E-state index contributed by atoms with van der Waals surface area (Å²) in [5.74, 6) is 0.379. The first-order valence-electron chi connectivity index (χ1n) is 22.4. The molecule has 0 bridgehead atoms. The molecule has 11 nitrogen and oxygen atoms in total. The summed E-state index contributed by atoms with van der Waals surface area (Å²) < 4.78 is 5.78. The number of hydrogen-bond donors (Lipinski definition) is 4. The summed E-state index contributed by atoms with van der Waals surface area (Å²) >= 11 is 0. The van der Waals surface area contributed by atoms with E-state index in [0.29, 0.717) is 72.3 Å². The molecule has 340 valence electrons. The molecule has 65 heavy (non-hydrogen) atoms. The summed E-state index contributed by atoms with van der Waals surface area (Å²) in [5, 5.41) is 24.7. The van der Waals surface area contributed by atoms with Crippen molar-refractivity contribution in [2.75, 3.05) is 36.9 Å². The number of aromatic amines is 1. The van der Waals surface area contributed by atoms with Gasteiger partial charge in [-0.2, -0.15) is 0 Å². The molecular weight excluding hydrogens is 817 g/mol. The predicted molar refractivity (Wildman–Crippen MR) is 260 cm³/mol. The van der Waals surface area contributed by atoms with Gasteiger partial charge in [0.1, 0.15) is 11.9 Å². The average Bonchev–Trinajstić information content (AvgIpc) is 3.31. The minimum atomic E-state index is -0.719. The summed E-state index contributed by atoms with van der Waals surface area (Å²) in [6.45, 7) is 4.25. The first-order valence-corrected chi connectivity index (χ1v) is 22.4. The predicted octanol–water partition coefficient (Wildman–Crippen LogP) is 10.5. The van der Waals surface area contributed by atoms with Gasteiger partial charge in [-0.15, -0.1) is 0 Å². The number of likely N-dealkylation sites (tertiary alicyclic amines) is 1. The summed E-state index contributed by atoms with van der Waals surface area (Å²) in [4.78, 5) is 57.3. The van der Waals surface area contributed by atoms with Crippen LogP contribution in [0.15, 0.2) is 132 Å². The quantitative estimate of drug-likeness (QED) is 0.0623. The Morgan fingerprint density at radius 2 is 1.52 bits per heavy atom. The number of aromatic nitrogens is 1. The monoisotopic (exact) mass is 878 g/mol. The number of ketones is 1. The molecule has 1 aromatic heterocycles. The SMILES string of the molecule is C.C[C@@H](CC[C@H](O)c1ccc(O)c2[nH]c(=O)ccc12)Cc1ccc(CCCC(=O)c2ccc(N(C)C(=O)CCN3CCC(OC(=O)Nc4ccccc4-c4ccccc4)CC3)cc2)cc1. The first kappa shape index (κ1) is 47.9. The summed E-state index contributed by atoms with van der Waals surface area (Å²) in [7, 11) is 1.76. The van der Waals surface area contributed by atoms with Crippen molar-refractivity contribution in [2.24, 2.45) is 5.92 Å². The van der Waals surface area contributed by atoms with Gasteiger partial charge in [0.2, 0.25) is 11.5 Å². The standard InChI is InChI=1S/C53H58N4O7.CH4/c1-36(15-26-48(59)44-24-27-49(60)52-45(44)25-28-50(61)55-52)35-38-18-16-37(17-19-38)9-8-14-47(58)40-20-22-41(23-21-40)56(2)51(62)31-34-57-32-29-42(30-33-57)64-53(63)54-46-13-7-6-12-43(46)39-10-4-3-5-11-39;/h3-7,10-13,16-25,27-28,36,42,48,59-60H,8-9,14-15,26,29-35H2,1-2H3,(H,54,63)(H,55,61);1H4/t36-,48-;/m0./s1. The number of rotatable bonds is 18. The first-order chi connectivity index (χ1) is 31.0. The van der Waals surface area contributed by atoms with E-state index in [9.17, 15) is 29.4 Å². The highest BCUT2D eigenvalue weighted by atomic mass is 16.6. The molecule has 0 radical (unpaired) electrons. The van der Waals surface area contributed by atoms with Crippen LogP contribution >= 0.6 is 0 Å². The summed E-state index contributed by atoms with van der Waals surface area (Å²) in [5.41, 5.74) is 7.13. The van der Waals surface area contributed by atoms with Crippen LogP contribution in [0.2, 0.25) is 0 Å². The number of phenolic OH excluding ortho intramolecular Hbond substituents is 1. The van der Waals surface area contributed by atoms with Crippen molar-refractivity contribution < 1.29 is 29.3 Å². The number of nitrogens with one attached hydrogen (secondary N) is 2. The van der Waals surface area contributed by atoms with Gasteiger partial charge >= 0.3 is 6.09 Å². The largest absolute Gasteiger partial charge is 0.506 e. The van der Waals surface area contributed by atoms with Gasteiger partial charge in [-0.25, -0.2) is 4.79 Å². The number of aliphatic hydroxyl groups excluding tert-OH is 1. The Kier molecular flexibility index (Phi) is 16.9. The second-order valence-electron chi connectivity index (χ2n) is 17.0. The fourth-order valence-corrected chi connectivity index (χ4v) is 8.53. The molecule has 0 spiro atoms. The maximum atomic E-state index is 13.2. The van der Waals surface area contributed by atoms with Crippen LogP contribution in [0.4, 0.5) is 16.2 Å². The van der Waals surface area contributed by atoms with Gasteiger partial charge in [-0.05, 0) is 116 Å². The van der Waals surface area contributed by atoms with Gasteiger partial charge in [0.05, 0.1) is 17.3 Å². The molecule has 0 saturated carbocycles. The lowest BCUT2D eigenvalue weighted by atomic mass is 9.92. The molecule has 2 heterocycles. The van der Waals surface area contributed by atoms with Crippen molar-refractivity contribution in [3.63, 3.8) is 0 Å². The van der Waals surface area contributed by atoms with E-state index in [4.69, 9.17) is 4.74 Å². The van der Waals surface area contributed by atoms with Crippen LogP contribution in [0, 0.1) is 5.92 Å². The fourth-order valence-electron chi connectivity index (χ4n) is 8.53. The number of carbonyl (C=O) groups is 3. The van der Waals surface area contributed by atoms with Gasteiger partial charge in [0, 0.05) is 67.8 Å². The summed E-state index contributed by atoms with van der Waals surface area (Å²) in [6, 6.07) is 39.6. The molecule has 2 amide bonds. The number of carbonyl (C=O) groups excluding carboxylic acids is 3. The third-order valence-electron chi connectivity index (χ3n) is 12.3. The minimum absolute atomic E-state index is 0. The number of aryl methyl sites for hydroxylation is 1. The van der Waals surface area contributed by atoms with E-state index in [1.165, 1.54) is 23.3 Å². The van der Waals surface area contributed by atoms with Crippen LogP contribution in [0.1, 0.15) is 92.4 Å². The second-order valence-corrected chi connectivity index (χ2v) is 17.0. The van der Waals surface area contributed by atoms with Crippen LogP contribution < -0.4 is 15.8 Å². The van der Waals surface area contributed by atoms with Gasteiger partial charge in [0.15, 0.2) is 5.78 Å². The Labute approximate surface area is 382 Å². The van der Waals surface area contributed by atoms with E-state index in [0.717, 1.165) is 55.6 Å². The number of pyridine rings is 1. The van der Waals surface area contributed by atoms with Gasteiger partial charge < -0.3 is 29.7 Å². The molecule has 4 N–H and O–H groups in total. The molecule has 1 fully saturated rings. The lowest BCUT2D eigenvalue weighted by Crippen LogP contribution is -2.40. The molecule has 1 aliphatic heterocycles. The number of piperidine rings is 1. The highest BCUT2D eigenvalue weighted by molar-refractivity contribution is 5.98. The van der Waals surface area contributed by atoms with Crippen molar-refractivity contribution in [2.45, 2.75) is 84.3 Å². The third kappa shape index (κ3) is 13.0. The van der Waals surface area contributed by atoms with Gasteiger partial charge in [0.25, 0.3) is 0 Å². The van der Waals surface area contributed by atoms with E-state index in [1.807, 2.05) is 66.7 Å². The molecule has 6 aromatic rings. The van der Waals surface area contributed by atoms with Crippen molar-refractivity contribution in [3.05, 3.63) is 160 Å². The maximum absolute atomic E-state index is 13.2. The molecule has 1 aliphatic rings. The van der Waals surface area contributed by atoms with Crippen LogP contribution in [0.25, 0.3) is 22.0 Å². The summed E-state index contributed by atoms with van der Waals surface area (Å²) in [6.07, 6.45) is 4.55. The number of aliphatic hydroxyl groups is 1. The average molecular weight is 879 g/mol. The zero-order chi connectivity index (χ0) is 45.0. The molecule has 11 heteroatoms. The van der Waals surface area contributed by atoms with Crippen LogP contribution in [0.5, 0.6) is 5.75 Å². The highest BCUT2D eigenvalue weighted by Crippen LogP contribution is 2.32. The molecule has 0 aliphatic carbocycles. The number of nitrogens with zero attached hydrogens (tertiary/aromatic N) is 2. The lowest BCUT2D eigenvalue weighted by molar-refractivity contribution is -0.118. The minimum Gasteiger partial charge on any atom is -0.506 e. The van der Waals surface area contributed by atoms with Gasteiger partial charge in [-0.1, -0.05) is 93.2 Å².